The van der Waals surface area contributed by atoms with Crippen LogP contribution in [0.1, 0.15) is 31.2 Å². The van der Waals surface area contributed by atoms with E-state index in [2.05, 4.69) is 10.6 Å². The van der Waals surface area contributed by atoms with Crippen LogP contribution in [0.25, 0.3) is 0 Å². The first-order valence-electron chi connectivity index (χ1n) is 8.91. The lowest BCUT2D eigenvalue weighted by Gasteiger charge is -2.31. The number of carbonyl (C=O) groups excluding carboxylic acids is 2. The summed E-state index contributed by atoms with van der Waals surface area (Å²) in [5, 5.41) is 5.54. The molecule has 0 spiro atoms. The Labute approximate surface area is 160 Å². The van der Waals surface area contributed by atoms with Gasteiger partial charge in [-0.1, -0.05) is 11.6 Å². The molecule has 0 unspecified atom stereocenters. The van der Waals surface area contributed by atoms with E-state index in [4.69, 9.17) is 11.6 Å². The summed E-state index contributed by atoms with van der Waals surface area (Å²) in [5.41, 5.74) is -0.919. The van der Waals surface area contributed by atoms with E-state index >= 15 is 0 Å². The molecule has 2 fully saturated rings. The maximum atomic E-state index is 12.8. The van der Waals surface area contributed by atoms with Gasteiger partial charge in [0, 0.05) is 25.0 Å². The summed E-state index contributed by atoms with van der Waals surface area (Å²) in [4.78, 5) is 25.9. The number of piperidine rings is 1. The average molecular weight is 404 g/mol. The first kappa shape index (κ1) is 19.9. The van der Waals surface area contributed by atoms with Gasteiger partial charge in [0.25, 0.3) is 0 Å². The largest absolute Gasteiger partial charge is 0.416 e. The van der Waals surface area contributed by atoms with Gasteiger partial charge in [0.15, 0.2) is 0 Å². The lowest BCUT2D eigenvalue weighted by atomic mass is 10.0. The Morgan fingerprint density at radius 3 is 2.41 bits per heavy atom. The predicted octanol–water partition coefficient (Wildman–Crippen LogP) is 3.29. The molecule has 1 aromatic carbocycles. The molecule has 0 bridgehead atoms. The first-order valence-corrected chi connectivity index (χ1v) is 9.29. The molecule has 0 radical (unpaired) electrons. The quantitative estimate of drug-likeness (QED) is 0.793. The molecule has 0 atom stereocenters. The van der Waals surface area contributed by atoms with Crippen LogP contribution in [0.3, 0.4) is 0 Å². The molecule has 1 heterocycles. The molecule has 148 valence electrons. The normalized spacial score (nSPS) is 19.0. The predicted molar refractivity (Wildman–Crippen MR) is 95.4 cm³/mol. The number of nitrogens with one attached hydrogen (secondary N) is 2. The Balaban J connectivity index is 1.48. The SMILES string of the molecule is O=C(CN1CCC(NC(=O)C2CC2)CC1)Nc1cc(C(F)(F)F)ccc1Cl. The minimum Gasteiger partial charge on any atom is -0.353 e. The second kappa shape index (κ2) is 8.06. The third kappa shape index (κ3) is 5.59. The summed E-state index contributed by atoms with van der Waals surface area (Å²) in [7, 11) is 0. The number of nitrogens with zero attached hydrogens (tertiary/aromatic N) is 1. The van der Waals surface area contributed by atoms with Crippen molar-refractivity contribution in [3.05, 3.63) is 28.8 Å². The average Bonchev–Trinajstić information content (AvgIpc) is 3.42. The number of alkyl halides is 3. The van der Waals surface area contributed by atoms with Crippen LogP contribution in [0.5, 0.6) is 0 Å². The van der Waals surface area contributed by atoms with Crippen molar-refractivity contribution in [2.45, 2.75) is 37.9 Å². The lowest BCUT2D eigenvalue weighted by molar-refractivity contribution is -0.137. The number of anilines is 1. The van der Waals surface area contributed by atoms with Crippen molar-refractivity contribution < 1.29 is 22.8 Å². The highest BCUT2D eigenvalue weighted by molar-refractivity contribution is 6.33. The topological polar surface area (TPSA) is 61.4 Å². The van der Waals surface area contributed by atoms with Crippen molar-refractivity contribution >= 4 is 29.1 Å². The van der Waals surface area contributed by atoms with Crippen LogP contribution in [0.15, 0.2) is 18.2 Å². The maximum Gasteiger partial charge on any atom is 0.416 e. The zero-order valence-corrected chi connectivity index (χ0v) is 15.4. The molecule has 1 aliphatic carbocycles. The Hall–Kier alpha value is -1.80. The van der Waals surface area contributed by atoms with Crippen LogP contribution in [-0.4, -0.2) is 42.4 Å². The van der Waals surface area contributed by atoms with Gasteiger partial charge in [-0.2, -0.15) is 13.2 Å². The van der Waals surface area contributed by atoms with Crippen molar-refractivity contribution in [1.29, 1.82) is 0 Å². The number of hydrogen-bond donors (Lipinski definition) is 2. The summed E-state index contributed by atoms with van der Waals surface area (Å²) in [6.45, 7) is 1.34. The molecule has 2 N–H and O–H groups in total. The highest BCUT2D eigenvalue weighted by Gasteiger charge is 2.32. The maximum absolute atomic E-state index is 12.8. The zero-order chi connectivity index (χ0) is 19.6. The third-order valence-corrected chi connectivity index (χ3v) is 5.15. The summed E-state index contributed by atoms with van der Waals surface area (Å²) < 4.78 is 38.4. The van der Waals surface area contributed by atoms with Gasteiger partial charge >= 0.3 is 6.18 Å². The van der Waals surface area contributed by atoms with E-state index in [0.717, 1.165) is 43.9 Å². The van der Waals surface area contributed by atoms with Gasteiger partial charge < -0.3 is 10.6 Å². The smallest absolute Gasteiger partial charge is 0.353 e. The molecule has 1 saturated heterocycles. The monoisotopic (exact) mass is 403 g/mol. The van der Waals surface area contributed by atoms with Gasteiger partial charge in [0.2, 0.25) is 11.8 Å². The summed E-state index contributed by atoms with van der Waals surface area (Å²) in [5.74, 6) is -0.131. The first-order chi connectivity index (χ1) is 12.7. The summed E-state index contributed by atoms with van der Waals surface area (Å²) in [6.07, 6.45) is -1.09. The molecular formula is C18H21ClF3N3O2. The van der Waals surface area contributed by atoms with Gasteiger partial charge in [-0.25, -0.2) is 0 Å². The van der Waals surface area contributed by atoms with Crippen LogP contribution in [-0.2, 0) is 15.8 Å². The van der Waals surface area contributed by atoms with E-state index < -0.39 is 17.6 Å². The minimum absolute atomic E-state index is 0.0527. The zero-order valence-electron chi connectivity index (χ0n) is 14.6. The van der Waals surface area contributed by atoms with Crippen LogP contribution < -0.4 is 10.6 Å². The Morgan fingerprint density at radius 1 is 1.15 bits per heavy atom. The van der Waals surface area contributed by atoms with Crippen LogP contribution >= 0.6 is 11.6 Å². The van der Waals surface area contributed by atoms with Crippen molar-refractivity contribution in [2.24, 2.45) is 5.92 Å². The third-order valence-electron chi connectivity index (χ3n) is 4.82. The van der Waals surface area contributed by atoms with E-state index in [9.17, 15) is 22.8 Å². The van der Waals surface area contributed by atoms with Crippen LogP contribution in [0.4, 0.5) is 18.9 Å². The van der Waals surface area contributed by atoms with Crippen molar-refractivity contribution in [3.63, 3.8) is 0 Å². The number of likely N-dealkylation sites (tertiary alicyclic amines) is 1. The molecular weight excluding hydrogens is 383 g/mol. The Kier molecular flexibility index (Phi) is 5.95. The fraction of sp³-hybridized carbons (Fsp3) is 0.556. The van der Waals surface area contributed by atoms with Gasteiger partial charge in [-0.15, -0.1) is 0 Å². The highest BCUT2D eigenvalue weighted by atomic mass is 35.5. The van der Waals surface area contributed by atoms with Gasteiger partial charge in [0.1, 0.15) is 0 Å². The number of carbonyl (C=O) groups is 2. The van der Waals surface area contributed by atoms with Gasteiger partial charge in [-0.3, -0.25) is 14.5 Å². The van der Waals surface area contributed by atoms with Crippen molar-refractivity contribution in [2.75, 3.05) is 25.0 Å². The minimum atomic E-state index is -4.50. The molecule has 1 aliphatic heterocycles. The molecule has 2 aliphatic rings. The van der Waals surface area contributed by atoms with E-state index in [-0.39, 0.29) is 35.1 Å². The van der Waals surface area contributed by atoms with E-state index in [1.165, 1.54) is 0 Å². The van der Waals surface area contributed by atoms with Crippen molar-refractivity contribution in [1.82, 2.24) is 10.2 Å². The molecule has 5 nitrogen and oxygen atoms in total. The van der Waals surface area contributed by atoms with Gasteiger partial charge in [-0.05, 0) is 43.9 Å². The van der Waals surface area contributed by atoms with Gasteiger partial charge in [0.05, 0.1) is 22.8 Å². The molecule has 27 heavy (non-hydrogen) atoms. The highest BCUT2D eigenvalue weighted by Crippen LogP contribution is 2.34. The van der Waals surface area contributed by atoms with E-state index in [1.807, 2.05) is 4.90 Å². The number of hydrogen-bond acceptors (Lipinski definition) is 3. The van der Waals surface area contributed by atoms with Crippen molar-refractivity contribution in [3.8, 4) is 0 Å². The van der Waals surface area contributed by atoms with E-state index in [1.54, 1.807) is 0 Å². The summed E-state index contributed by atoms with van der Waals surface area (Å²) in [6, 6.07) is 2.95. The number of rotatable bonds is 5. The summed E-state index contributed by atoms with van der Waals surface area (Å²) >= 11 is 5.90. The molecule has 1 saturated carbocycles. The lowest BCUT2D eigenvalue weighted by Crippen LogP contribution is -2.46. The van der Waals surface area contributed by atoms with Crippen LogP contribution in [0.2, 0.25) is 5.02 Å². The number of benzene rings is 1. The standard InChI is InChI=1S/C18H21ClF3N3O2/c19-14-4-3-12(18(20,21)22)9-15(14)24-16(26)10-25-7-5-13(6-8-25)23-17(27)11-1-2-11/h3-4,9,11,13H,1-2,5-8,10H2,(H,23,27)(H,24,26). The van der Waals surface area contributed by atoms with Crippen LogP contribution in [0, 0.1) is 5.92 Å². The molecule has 1 aromatic rings. The fourth-order valence-electron chi connectivity index (χ4n) is 3.09. The molecule has 3 rings (SSSR count). The Morgan fingerprint density at radius 2 is 1.81 bits per heavy atom. The Bertz CT molecular complexity index is 714. The molecule has 9 heteroatoms. The molecule has 0 aromatic heterocycles. The second-order valence-electron chi connectivity index (χ2n) is 7.07. The number of halogens is 4. The second-order valence-corrected chi connectivity index (χ2v) is 7.48. The fourth-order valence-corrected chi connectivity index (χ4v) is 3.25. The number of amides is 2. The van der Waals surface area contributed by atoms with E-state index in [0.29, 0.717) is 13.1 Å². The molecule has 2 amide bonds.